The Morgan fingerprint density at radius 2 is 1.86 bits per heavy atom. The molecule has 1 atom stereocenters. The Morgan fingerprint density at radius 3 is 2.45 bits per heavy atom. The monoisotopic (exact) mass is 425 g/mol. The molecule has 1 aromatic carbocycles. The second kappa shape index (κ2) is 7.94. The SMILES string of the molecule is Cc1c(F)cc(CCC2c3c(Cl)nc(C)n3CCN2C(=O)OC(C)(C)C)cc1F. The summed E-state index contributed by atoms with van der Waals surface area (Å²) in [4.78, 5) is 18.8. The molecular weight excluding hydrogens is 400 g/mol. The highest BCUT2D eigenvalue weighted by Crippen LogP contribution is 2.36. The Kier molecular flexibility index (Phi) is 5.90. The maximum absolute atomic E-state index is 13.9. The molecule has 5 nitrogen and oxygen atoms in total. The van der Waals surface area contributed by atoms with Crippen LogP contribution in [0.2, 0.25) is 5.15 Å². The van der Waals surface area contributed by atoms with E-state index in [4.69, 9.17) is 16.3 Å². The second-order valence-electron chi connectivity index (χ2n) is 8.40. The van der Waals surface area contributed by atoms with Crippen LogP contribution in [-0.2, 0) is 17.7 Å². The third-order valence-corrected chi connectivity index (χ3v) is 5.36. The van der Waals surface area contributed by atoms with Crippen LogP contribution >= 0.6 is 11.6 Å². The van der Waals surface area contributed by atoms with Crippen LogP contribution < -0.4 is 0 Å². The summed E-state index contributed by atoms with van der Waals surface area (Å²) in [6.07, 6.45) is 0.370. The molecular formula is C21H26ClF2N3O2. The van der Waals surface area contributed by atoms with E-state index >= 15 is 0 Å². The van der Waals surface area contributed by atoms with Crippen LogP contribution in [0, 0.1) is 25.5 Å². The molecule has 2 aromatic rings. The zero-order valence-electron chi connectivity index (χ0n) is 17.4. The molecule has 0 radical (unpaired) electrons. The molecule has 8 heteroatoms. The summed E-state index contributed by atoms with van der Waals surface area (Å²) in [5.41, 5.74) is 0.620. The Bertz CT molecular complexity index is 914. The van der Waals surface area contributed by atoms with Crippen molar-refractivity contribution >= 4 is 17.7 Å². The van der Waals surface area contributed by atoms with Crippen LogP contribution in [0.3, 0.4) is 0 Å². The first kappa shape index (κ1) is 21.6. The normalized spacial score (nSPS) is 16.7. The fourth-order valence-corrected chi connectivity index (χ4v) is 3.98. The quantitative estimate of drug-likeness (QED) is 0.665. The van der Waals surface area contributed by atoms with Crippen molar-refractivity contribution in [2.45, 2.75) is 65.6 Å². The van der Waals surface area contributed by atoms with Crippen molar-refractivity contribution in [1.29, 1.82) is 0 Å². The molecule has 1 aromatic heterocycles. The number of carbonyl (C=O) groups is 1. The number of halogens is 3. The van der Waals surface area contributed by atoms with Crippen molar-refractivity contribution in [2.24, 2.45) is 0 Å². The lowest BCUT2D eigenvalue weighted by atomic mass is 9.99. The first-order chi connectivity index (χ1) is 13.5. The van der Waals surface area contributed by atoms with Gasteiger partial charge in [0.25, 0.3) is 0 Å². The van der Waals surface area contributed by atoms with Gasteiger partial charge < -0.3 is 9.30 Å². The lowest BCUT2D eigenvalue weighted by molar-refractivity contribution is 0.00951. The number of amides is 1. The summed E-state index contributed by atoms with van der Waals surface area (Å²) in [6, 6.07) is 2.27. The predicted molar refractivity (Wildman–Crippen MR) is 107 cm³/mol. The van der Waals surface area contributed by atoms with E-state index in [9.17, 15) is 13.6 Å². The molecule has 29 heavy (non-hydrogen) atoms. The summed E-state index contributed by atoms with van der Waals surface area (Å²) in [5, 5.41) is 0.335. The summed E-state index contributed by atoms with van der Waals surface area (Å²) < 4.78 is 35.4. The van der Waals surface area contributed by atoms with Crippen LogP contribution in [0.15, 0.2) is 12.1 Å². The minimum Gasteiger partial charge on any atom is -0.444 e. The molecule has 1 unspecified atom stereocenters. The molecule has 1 aliphatic heterocycles. The number of hydrogen-bond acceptors (Lipinski definition) is 3. The highest BCUT2D eigenvalue weighted by atomic mass is 35.5. The maximum Gasteiger partial charge on any atom is 0.410 e. The Morgan fingerprint density at radius 1 is 1.24 bits per heavy atom. The standard InChI is InChI=1S/C21H26ClF2N3O2/c1-12-15(23)10-14(11-16(12)24)6-7-17-18-19(22)25-13(2)26(18)8-9-27(17)20(28)29-21(3,4)5/h10-11,17H,6-9H2,1-5H3. The van der Waals surface area contributed by atoms with Gasteiger partial charge in [-0.3, -0.25) is 4.90 Å². The van der Waals surface area contributed by atoms with Gasteiger partial charge in [-0.15, -0.1) is 0 Å². The van der Waals surface area contributed by atoms with Crippen LogP contribution in [0.4, 0.5) is 13.6 Å². The van der Waals surface area contributed by atoms with Gasteiger partial charge in [-0.05, 0) is 65.2 Å². The topological polar surface area (TPSA) is 47.4 Å². The van der Waals surface area contributed by atoms with Crippen LogP contribution in [0.5, 0.6) is 0 Å². The molecule has 1 aliphatic rings. The Labute approximate surface area is 174 Å². The number of fused-ring (bicyclic) bond motifs is 1. The summed E-state index contributed by atoms with van der Waals surface area (Å²) in [7, 11) is 0. The van der Waals surface area contributed by atoms with Crippen molar-refractivity contribution in [3.8, 4) is 0 Å². The Balaban J connectivity index is 1.91. The minimum atomic E-state index is -0.637. The molecule has 0 fully saturated rings. The summed E-state index contributed by atoms with van der Waals surface area (Å²) in [5.74, 6) is -0.385. The molecule has 0 aliphatic carbocycles. The van der Waals surface area contributed by atoms with Gasteiger partial charge in [-0.25, -0.2) is 18.6 Å². The van der Waals surface area contributed by atoms with E-state index in [2.05, 4.69) is 4.98 Å². The predicted octanol–water partition coefficient (Wildman–Crippen LogP) is 5.36. The van der Waals surface area contributed by atoms with E-state index in [1.807, 2.05) is 32.3 Å². The zero-order valence-corrected chi connectivity index (χ0v) is 18.1. The number of ether oxygens (including phenoxy) is 1. The van der Waals surface area contributed by atoms with Gasteiger partial charge in [0, 0.05) is 18.7 Å². The molecule has 1 amide bonds. The van der Waals surface area contributed by atoms with Gasteiger partial charge in [0.2, 0.25) is 0 Å². The number of nitrogens with zero attached hydrogens (tertiary/aromatic N) is 3. The molecule has 0 spiro atoms. The average Bonchev–Trinajstić information content (AvgIpc) is 2.90. The van der Waals surface area contributed by atoms with Gasteiger partial charge in [0.05, 0.1) is 11.7 Å². The Hall–Kier alpha value is -2.15. The number of rotatable bonds is 3. The van der Waals surface area contributed by atoms with E-state index in [0.717, 1.165) is 11.5 Å². The smallest absolute Gasteiger partial charge is 0.410 e. The van der Waals surface area contributed by atoms with Crippen LogP contribution in [0.1, 0.15) is 55.9 Å². The highest BCUT2D eigenvalue weighted by Gasteiger charge is 2.36. The van der Waals surface area contributed by atoms with Gasteiger partial charge in [-0.1, -0.05) is 11.6 Å². The van der Waals surface area contributed by atoms with E-state index in [1.54, 1.807) is 4.90 Å². The number of carbonyl (C=O) groups excluding carboxylic acids is 1. The maximum atomic E-state index is 13.9. The molecule has 0 saturated heterocycles. The van der Waals surface area contributed by atoms with Crippen LogP contribution in [-0.4, -0.2) is 32.7 Å². The molecule has 0 bridgehead atoms. The van der Waals surface area contributed by atoms with Gasteiger partial charge in [0.1, 0.15) is 23.1 Å². The molecule has 2 heterocycles. The van der Waals surface area contributed by atoms with Crippen molar-refractivity contribution < 1.29 is 18.3 Å². The summed E-state index contributed by atoms with van der Waals surface area (Å²) >= 11 is 6.38. The zero-order chi connectivity index (χ0) is 21.5. The lowest BCUT2D eigenvalue weighted by Crippen LogP contribution is -2.45. The van der Waals surface area contributed by atoms with Crippen molar-refractivity contribution in [2.75, 3.05) is 6.54 Å². The molecule has 0 N–H and O–H groups in total. The fourth-order valence-electron chi connectivity index (χ4n) is 3.63. The largest absolute Gasteiger partial charge is 0.444 e. The van der Waals surface area contributed by atoms with Crippen molar-refractivity contribution in [3.05, 3.63) is 51.6 Å². The first-order valence-electron chi connectivity index (χ1n) is 9.64. The molecule has 3 rings (SSSR count). The first-order valence-corrected chi connectivity index (χ1v) is 10.0. The number of hydrogen-bond donors (Lipinski definition) is 0. The number of imidazole rings is 1. The van der Waals surface area contributed by atoms with Gasteiger partial charge in [-0.2, -0.15) is 0 Å². The van der Waals surface area contributed by atoms with E-state index in [0.29, 0.717) is 36.6 Å². The second-order valence-corrected chi connectivity index (χ2v) is 8.76. The summed E-state index contributed by atoms with van der Waals surface area (Å²) in [6.45, 7) is 9.69. The average molecular weight is 426 g/mol. The van der Waals surface area contributed by atoms with E-state index in [-0.39, 0.29) is 5.56 Å². The number of aryl methyl sites for hydroxylation is 2. The van der Waals surface area contributed by atoms with Gasteiger partial charge >= 0.3 is 6.09 Å². The van der Waals surface area contributed by atoms with Crippen molar-refractivity contribution in [3.63, 3.8) is 0 Å². The fraction of sp³-hybridized carbons (Fsp3) is 0.524. The van der Waals surface area contributed by atoms with E-state index in [1.165, 1.54) is 19.1 Å². The van der Waals surface area contributed by atoms with Crippen LogP contribution in [0.25, 0.3) is 0 Å². The highest BCUT2D eigenvalue weighted by molar-refractivity contribution is 6.30. The third kappa shape index (κ3) is 4.55. The minimum absolute atomic E-state index is 0.00135. The molecule has 0 saturated carbocycles. The number of benzene rings is 1. The van der Waals surface area contributed by atoms with Gasteiger partial charge in [0.15, 0.2) is 5.15 Å². The lowest BCUT2D eigenvalue weighted by Gasteiger charge is -2.38. The molecule has 158 valence electrons. The van der Waals surface area contributed by atoms with E-state index < -0.39 is 29.4 Å². The number of aromatic nitrogens is 2. The third-order valence-electron chi connectivity index (χ3n) is 5.08. The van der Waals surface area contributed by atoms with Crippen molar-refractivity contribution in [1.82, 2.24) is 14.5 Å².